The number of halogens is 4. The van der Waals surface area contributed by atoms with Gasteiger partial charge in [0.1, 0.15) is 11.3 Å². The number of benzene rings is 3. The Morgan fingerprint density at radius 1 is 1.09 bits per heavy atom. The molecule has 1 heterocycles. The number of nitrogens with one attached hydrogen (secondary N) is 3. The van der Waals surface area contributed by atoms with Crippen LogP contribution in [0.25, 0.3) is 11.0 Å². The fourth-order valence-electron chi connectivity index (χ4n) is 3.60. The molecule has 1 aromatic heterocycles. The number of carbonyl (C=O) groups excluding carboxylic acids is 1. The zero-order valence-corrected chi connectivity index (χ0v) is 19.1. The Hall–Kier alpha value is -3.56. The second-order valence-electron chi connectivity index (χ2n) is 7.88. The highest BCUT2D eigenvalue weighted by molar-refractivity contribution is 6.31. The van der Waals surface area contributed by atoms with Gasteiger partial charge in [0.25, 0.3) is 5.91 Å². The molecule has 0 saturated carbocycles. The molecule has 0 bridgehead atoms. The summed E-state index contributed by atoms with van der Waals surface area (Å²) >= 11 is 5.75. The second kappa shape index (κ2) is 9.74. The van der Waals surface area contributed by atoms with Crippen LogP contribution in [-0.2, 0) is 0 Å². The first-order valence-electron chi connectivity index (χ1n) is 10.3. The van der Waals surface area contributed by atoms with Crippen molar-refractivity contribution in [3.05, 3.63) is 88.2 Å². The van der Waals surface area contributed by atoms with Crippen molar-refractivity contribution in [2.75, 3.05) is 31.3 Å². The molecular formula is C24H21ClF3N5O. The summed E-state index contributed by atoms with van der Waals surface area (Å²) in [5.74, 6) is -3.60. The number of fused-ring (bicyclic) bond motifs is 1. The molecule has 0 fully saturated rings. The Kier molecular flexibility index (Phi) is 6.76. The summed E-state index contributed by atoms with van der Waals surface area (Å²) in [5.41, 5.74) is 0.802. The summed E-state index contributed by atoms with van der Waals surface area (Å²) in [7, 11) is 3.86. The third-order valence-electron chi connectivity index (χ3n) is 5.35. The lowest BCUT2D eigenvalue weighted by Crippen LogP contribution is -2.27. The van der Waals surface area contributed by atoms with Crippen LogP contribution in [0, 0.1) is 17.5 Å². The Bertz CT molecular complexity index is 1340. The summed E-state index contributed by atoms with van der Waals surface area (Å²) < 4.78 is 42.2. The molecule has 1 unspecified atom stereocenters. The van der Waals surface area contributed by atoms with Crippen LogP contribution < -0.4 is 10.6 Å². The molecule has 0 spiro atoms. The molecule has 10 heteroatoms. The van der Waals surface area contributed by atoms with E-state index in [0.29, 0.717) is 6.54 Å². The minimum Gasteiger partial charge on any atom is -0.354 e. The predicted octanol–water partition coefficient (Wildman–Crippen LogP) is 5.60. The Morgan fingerprint density at radius 2 is 1.82 bits per heavy atom. The van der Waals surface area contributed by atoms with E-state index >= 15 is 0 Å². The number of likely N-dealkylation sites (N-methyl/N-ethyl adjacent to an activating group) is 1. The predicted molar refractivity (Wildman–Crippen MR) is 127 cm³/mol. The summed E-state index contributed by atoms with van der Waals surface area (Å²) in [6, 6.07) is 14.1. The highest BCUT2D eigenvalue weighted by Crippen LogP contribution is 2.27. The van der Waals surface area contributed by atoms with Gasteiger partial charge >= 0.3 is 0 Å². The van der Waals surface area contributed by atoms with Crippen LogP contribution in [0.5, 0.6) is 0 Å². The average molecular weight is 488 g/mol. The molecule has 0 aliphatic rings. The van der Waals surface area contributed by atoms with Crippen molar-refractivity contribution >= 4 is 40.2 Å². The Labute approximate surface area is 198 Å². The zero-order valence-electron chi connectivity index (χ0n) is 18.3. The van der Waals surface area contributed by atoms with Crippen LogP contribution in [0.3, 0.4) is 0 Å². The van der Waals surface area contributed by atoms with Gasteiger partial charge in [0.05, 0.1) is 22.1 Å². The SMILES string of the molecule is CN(C)C(CNc1nc2c(F)c(F)cc(C(=O)Nc3ccc(F)c(Cl)c3)c2[nH]1)c1ccccc1. The molecule has 176 valence electrons. The van der Waals surface area contributed by atoms with Crippen molar-refractivity contribution in [1.29, 1.82) is 0 Å². The van der Waals surface area contributed by atoms with Gasteiger partial charge in [-0.15, -0.1) is 0 Å². The van der Waals surface area contributed by atoms with E-state index in [0.717, 1.165) is 17.7 Å². The molecule has 1 amide bonds. The second-order valence-corrected chi connectivity index (χ2v) is 8.29. The van der Waals surface area contributed by atoms with Gasteiger partial charge in [0, 0.05) is 12.2 Å². The molecule has 0 aliphatic carbocycles. The van der Waals surface area contributed by atoms with Crippen molar-refractivity contribution in [3.63, 3.8) is 0 Å². The lowest BCUT2D eigenvalue weighted by atomic mass is 10.1. The molecule has 3 aromatic carbocycles. The van der Waals surface area contributed by atoms with Crippen molar-refractivity contribution in [3.8, 4) is 0 Å². The van der Waals surface area contributed by atoms with Crippen LogP contribution in [0.1, 0.15) is 22.0 Å². The van der Waals surface area contributed by atoms with Crippen LogP contribution >= 0.6 is 11.6 Å². The molecule has 0 radical (unpaired) electrons. The van der Waals surface area contributed by atoms with Gasteiger partial charge in [0.2, 0.25) is 5.95 Å². The fraction of sp³-hybridized carbons (Fsp3) is 0.167. The van der Waals surface area contributed by atoms with E-state index in [1.54, 1.807) is 0 Å². The number of imidazole rings is 1. The van der Waals surface area contributed by atoms with Gasteiger partial charge in [-0.05, 0) is 43.9 Å². The summed E-state index contributed by atoms with van der Waals surface area (Å²) in [5, 5.41) is 5.42. The third-order valence-corrected chi connectivity index (χ3v) is 5.64. The maximum Gasteiger partial charge on any atom is 0.257 e. The minimum atomic E-state index is -1.22. The van der Waals surface area contributed by atoms with Crippen molar-refractivity contribution in [2.45, 2.75) is 6.04 Å². The molecule has 3 N–H and O–H groups in total. The van der Waals surface area contributed by atoms with Crippen LogP contribution in [0.4, 0.5) is 24.8 Å². The number of hydrogen-bond acceptors (Lipinski definition) is 4. The largest absolute Gasteiger partial charge is 0.354 e. The lowest BCUT2D eigenvalue weighted by molar-refractivity contribution is 0.102. The van der Waals surface area contributed by atoms with Gasteiger partial charge in [-0.25, -0.2) is 18.2 Å². The van der Waals surface area contributed by atoms with Crippen molar-refractivity contribution < 1.29 is 18.0 Å². The van der Waals surface area contributed by atoms with Crippen LogP contribution in [0.15, 0.2) is 54.6 Å². The first-order valence-corrected chi connectivity index (χ1v) is 10.7. The van der Waals surface area contributed by atoms with E-state index < -0.39 is 23.4 Å². The fourth-order valence-corrected chi connectivity index (χ4v) is 3.79. The van der Waals surface area contributed by atoms with Crippen molar-refractivity contribution in [2.24, 2.45) is 0 Å². The highest BCUT2D eigenvalue weighted by atomic mass is 35.5. The monoisotopic (exact) mass is 487 g/mol. The smallest absolute Gasteiger partial charge is 0.257 e. The third kappa shape index (κ3) is 4.85. The van der Waals surface area contributed by atoms with E-state index in [9.17, 15) is 18.0 Å². The number of nitrogens with zero attached hydrogens (tertiary/aromatic N) is 2. The number of hydrogen-bond donors (Lipinski definition) is 3. The van der Waals surface area contributed by atoms with Gasteiger partial charge in [-0.3, -0.25) is 4.79 Å². The molecule has 6 nitrogen and oxygen atoms in total. The maximum atomic E-state index is 14.5. The number of anilines is 2. The first kappa shape index (κ1) is 23.6. The quantitative estimate of drug-likeness (QED) is 0.317. The normalized spacial score (nSPS) is 12.2. The van der Waals surface area contributed by atoms with E-state index in [4.69, 9.17) is 11.6 Å². The maximum absolute atomic E-state index is 14.5. The van der Waals surface area contributed by atoms with Crippen LogP contribution in [-0.4, -0.2) is 41.4 Å². The van der Waals surface area contributed by atoms with E-state index in [2.05, 4.69) is 20.6 Å². The first-order chi connectivity index (χ1) is 16.2. The number of amides is 1. The van der Waals surface area contributed by atoms with Crippen LogP contribution in [0.2, 0.25) is 5.02 Å². The molecule has 0 aliphatic heterocycles. The number of carbonyl (C=O) groups is 1. The van der Waals surface area contributed by atoms with Crippen molar-refractivity contribution in [1.82, 2.24) is 14.9 Å². The summed E-state index contributed by atoms with van der Waals surface area (Å²) in [6.45, 7) is 0.413. The Morgan fingerprint density at radius 3 is 2.50 bits per heavy atom. The lowest BCUT2D eigenvalue weighted by Gasteiger charge is -2.24. The molecule has 4 rings (SSSR count). The topological polar surface area (TPSA) is 73.1 Å². The minimum absolute atomic E-state index is 0.0215. The van der Waals surface area contributed by atoms with Gasteiger partial charge in [-0.1, -0.05) is 41.9 Å². The van der Waals surface area contributed by atoms with E-state index in [-0.39, 0.29) is 39.3 Å². The number of aromatic amines is 1. The van der Waals surface area contributed by atoms with E-state index in [1.165, 1.54) is 12.1 Å². The summed E-state index contributed by atoms with van der Waals surface area (Å²) in [4.78, 5) is 21.8. The highest BCUT2D eigenvalue weighted by Gasteiger charge is 2.22. The summed E-state index contributed by atoms with van der Waals surface area (Å²) in [6.07, 6.45) is 0. The molecule has 34 heavy (non-hydrogen) atoms. The molecule has 4 aromatic rings. The number of rotatable bonds is 7. The Balaban J connectivity index is 1.62. The molecular weight excluding hydrogens is 467 g/mol. The van der Waals surface area contributed by atoms with E-state index in [1.807, 2.05) is 49.3 Å². The average Bonchev–Trinajstić information content (AvgIpc) is 3.24. The zero-order chi connectivity index (χ0) is 24.4. The van der Waals surface area contributed by atoms with Gasteiger partial charge in [-0.2, -0.15) is 0 Å². The molecule has 1 atom stereocenters. The number of H-pyrrole nitrogens is 1. The molecule has 0 saturated heterocycles. The van der Waals surface area contributed by atoms with Gasteiger partial charge in [0.15, 0.2) is 11.6 Å². The van der Waals surface area contributed by atoms with Gasteiger partial charge < -0.3 is 20.5 Å². The standard InChI is InChI=1S/C24H21ClF3N5O/c1-33(2)19(13-6-4-3-5-7-13)12-29-24-31-21-15(11-18(27)20(28)22(21)32-24)23(34)30-14-8-9-17(26)16(25)10-14/h3-11,19H,12H2,1-2H3,(H,30,34)(H2,29,31,32). The number of aromatic nitrogens is 2.